The molecular weight excluding hydrogens is 432 g/mol. The molecular formula is C20H27ClN2O6S. The summed E-state index contributed by atoms with van der Waals surface area (Å²) in [5.41, 5.74) is 0.0338. The Bertz CT molecular complexity index is 891. The molecule has 0 saturated carbocycles. The molecule has 2 fully saturated rings. The van der Waals surface area contributed by atoms with E-state index in [0.717, 1.165) is 19.3 Å². The van der Waals surface area contributed by atoms with Crippen LogP contribution >= 0.6 is 11.6 Å². The molecule has 1 aromatic carbocycles. The first-order valence-electron chi connectivity index (χ1n) is 10.1. The zero-order valence-electron chi connectivity index (χ0n) is 17.2. The molecule has 0 aromatic heterocycles. The number of carbonyl (C=O) groups excluding carboxylic acids is 2. The second-order valence-electron chi connectivity index (χ2n) is 7.74. The first-order chi connectivity index (χ1) is 14.2. The molecule has 2 heterocycles. The quantitative estimate of drug-likeness (QED) is 0.628. The topological polar surface area (TPSA) is 93.2 Å². The average molecular weight is 459 g/mol. The highest BCUT2D eigenvalue weighted by Crippen LogP contribution is 2.28. The van der Waals surface area contributed by atoms with Crippen molar-refractivity contribution >= 4 is 33.5 Å². The Morgan fingerprint density at radius 1 is 1.13 bits per heavy atom. The Hall–Kier alpha value is -1.68. The lowest BCUT2D eigenvalue weighted by molar-refractivity contribution is -0.146. The molecule has 0 aliphatic carbocycles. The molecule has 166 valence electrons. The molecule has 2 saturated heterocycles. The number of hydrogen-bond donors (Lipinski definition) is 0. The van der Waals surface area contributed by atoms with E-state index in [-0.39, 0.29) is 33.6 Å². The van der Waals surface area contributed by atoms with Gasteiger partial charge in [-0.3, -0.25) is 4.79 Å². The molecule has 0 bridgehead atoms. The third-order valence-corrected chi connectivity index (χ3v) is 7.58. The van der Waals surface area contributed by atoms with Gasteiger partial charge in [0.15, 0.2) is 6.61 Å². The van der Waals surface area contributed by atoms with E-state index in [1.807, 2.05) is 13.8 Å². The van der Waals surface area contributed by atoms with Gasteiger partial charge in [0.25, 0.3) is 5.91 Å². The van der Waals surface area contributed by atoms with Crippen LogP contribution in [0.3, 0.4) is 0 Å². The molecule has 1 aromatic rings. The van der Waals surface area contributed by atoms with Crippen LogP contribution in [-0.2, 0) is 24.3 Å². The van der Waals surface area contributed by atoms with E-state index in [1.54, 1.807) is 4.90 Å². The van der Waals surface area contributed by atoms with Gasteiger partial charge >= 0.3 is 5.97 Å². The van der Waals surface area contributed by atoms with E-state index in [9.17, 15) is 18.0 Å². The van der Waals surface area contributed by atoms with Gasteiger partial charge in [-0.1, -0.05) is 18.0 Å². The fraction of sp³-hybridized carbons (Fsp3) is 0.600. The summed E-state index contributed by atoms with van der Waals surface area (Å²) >= 11 is 6.13. The molecule has 30 heavy (non-hydrogen) atoms. The third-order valence-electron chi connectivity index (χ3n) is 5.20. The second-order valence-corrected chi connectivity index (χ2v) is 10.1. The summed E-state index contributed by atoms with van der Waals surface area (Å²) in [7, 11) is -3.80. The van der Waals surface area contributed by atoms with Gasteiger partial charge in [0.2, 0.25) is 10.0 Å². The summed E-state index contributed by atoms with van der Waals surface area (Å²) in [6, 6.07) is 3.98. The predicted molar refractivity (Wildman–Crippen MR) is 111 cm³/mol. The monoisotopic (exact) mass is 458 g/mol. The summed E-state index contributed by atoms with van der Waals surface area (Å²) in [4.78, 5) is 26.3. The highest BCUT2D eigenvalue weighted by molar-refractivity contribution is 7.89. The van der Waals surface area contributed by atoms with E-state index < -0.39 is 22.6 Å². The molecule has 8 nitrogen and oxygen atoms in total. The number of piperidine rings is 1. The molecule has 3 rings (SSSR count). The van der Waals surface area contributed by atoms with E-state index in [2.05, 4.69) is 0 Å². The standard InChI is InChI=1S/C20H27ClN2O6S/c1-14-11-22(12-15(2)29-14)19(24)13-28-20(25)16-6-7-17(21)18(10-16)30(26,27)23-8-4-3-5-9-23/h6-7,10,14-15H,3-5,8-9,11-13H2,1-2H3/t14-,15-/m0/s1. The molecule has 2 aliphatic rings. The SMILES string of the molecule is C[C@H]1CN(C(=O)COC(=O)c2ccc(Cl)c(S(=O)(=O)N3CCCCC3)c2)C[C@H](C)O1. The molecule has 2 aliphatic heterocycles. The van der Waals surface area contributed by atoms with Crippen LogP contribution in [0.25, 0.3) is 0 Å². The van der Waals surface area contributed by atoms with Gasteiger partial charge in [-0.2, -0.15) is 4.31 Å². The zero-order chi connectivity index (χ0) is 21.9. The van der Waals surface area contributed by atoms with Crippen LogP contribution < -0.4 is 0 Å². The van der Waals surface area contributed by atoms with Crippen molar-refractivity contribution in [3.8, 4) is 0 Å². The largest absolute Gasteiger partial charge is 0.452 e. The molecule has 0 spiro atoms. The van der Waals surface area contributed by atoms with E-state index in [4.69, 9.17) is 21.1 Å². The maximum atomic E-state index is 12.9. The number of carbonyl (C=O) groups is 2. The third kappa shape index (κ3) is 5.32. The number of ether oxygens (including phenoxy) is 2. The minimum Gasteiger partial charge on any atom is -0.452 e. The minimum absolute atomic E-state index is 0.0338. The summed E-state index contributed by atoms with van der Waals surface area (Å²) in [6.45, 7) is 5.05. The number of benzene rings is 1. The van der Waals surface area contributed by atoms with Crippen molar-refractivity contribution in [2.24, 2.45) is 0 Å². The average Bonchev–Trinajstić information content (AvgIpc) is 2.71. The van der Waals surface area contributed by atoms with Crippen LogP contribution in [-0.4, -0.2) is 74.5 Å². The van der Waals surface area contributed by atoms with Gasteiger partial charge in [0.1, 0.15) is 4.90 Å². The summed E-state index contributed by atoms with van der Waals surface area (Å²) in [5, 5.41) is 0.0458. The molecule has 10 heteroatoms. The zero-order valence-corrected chi connectivity index (χ0v) is 18.7. The maximum absolute atomic E-state index is 12.9. The predicted octanol–water partition coefficient (Wildman–Crippen LogP) is 2.31. The van der Waals surface area contributed by atoms with Crippen molar-refractivity contribution in [1.82, 2.24) is 9.21 Å². The summed E-state index contributed by atoms with van der Waals surface area (Å²) in [5.74, 6) is -1.09. The van der Waals surface area contributed by atoms with Crippen LogP contribution in [0, 0.1) is 0 Å². The number of nitrogens with zero attached hydrogens (tertiary/aromatic N) is 2. The van der Waals surface area contributed by atoms with Crippen molar-refractivity contribution in [2.75, 3.05) is 32.8 Å². The Morgan fingerprint density at radius 2 is 1.77 bits per heavy atom. The van der Waals surface area contributed by atoms with E-state index in [1.165, 1.54) is 22.5 Å². The minimum atomic E-state index is -3.80. The van der Waals surface area contributed by atoms with Crippen LogP contribution in [0.4, 0.5) is 0 Å². The maximum Gasteiger partial charge on any atom is 0.338 e. The number of morpholine rings is 1. The Morgan fingerprint density at radius 3 is 2.40 bits per heavy atom. The van der Waals surface area contributed by atoms with E-state index >= 15 is 0 Å². The fourth-order valence-corrected chi connectivity index (χ4v) is 5.77. The lowest BCUT2D eigenvalue weighted by Gasteiger charge is -2.35. The summed E-state index contributed by atoms with van der Waals surface area (Å²) < 4.78 is 38.0. The van der Waals surface area contributed by atoms with Crippen molar-refractivity contribution in [1.29, 1.82) is 0 Å². The second kappa shape index (κ2) is 9.64. The van der Waals surface area contributed by atoms with E-state index in [0.29, 0.717) is 26.2 Å². The normalized spacial score (nSPS) is 23.2. The Kier molecular flexibility index (Phi) is 7.38. The highest BCUT2D eigenvalue weighted by Gasteiger charge is 2.30. The highest BCUT2D eigenvalue weighted by atomic mass is 35.5. The fourth-order valence-electron chi connectivity index (χ4n) is 3.76. The number of amides is 1. The van der Waals surface area contributed by atoms with Crippen molar-refractivity contribution in [3.63, 3.8) is 0 Å². The van der Waals surface area contributed by atoms with Gasteiger partial charge in [0, 0.05) is 26.2 Å². The number of hydrogen-bond acceptors (Lipinski definition) is 6. The smallest absolute Gasteiger partial charge is 0.338 e. The van der Waals surface area contributed by atoms with Gasteiger partial charge in [0.05, 0.1) is 22.8 Å². The van der Waals surface area contributed by atoms with Crippen molar-refractivity contribution < 1.29 is 27.5 Å². The molecule has 0 N–H and O–H groups in total. The Labute approximate surface area is 182 Å². The first-order valence-corrected chi connectivity index (χ1v) is 11.9. The summed E-state index contributed by atoms with van der Waals surface area (Å²) in [6.07, 6.45) is 2.39. The lowest BCUT2D eigenvalue weighted by atomic mass is 10.2. The van der Waals surface area contributed by atoms with Crippen LogP contribution in [0.2, 0.25) is 5.02 Å². The van der Waals surface area contributed by atoms with Crippen LogP contribution in [0.5, 0.6) is 0 Å². The van der Waals surface area contributed by atoms with Crippen LogP contribution in [0.1, 0.15) is 43.5 Å². The van der Waals surface area contributed by atoms with Gasteiger partial charge < -0.3 is 14.4 Å². The lowest BCUT2D eigenvalue weighted by Crippen LogP contribution is -2.49. The first kappa shape index (κ1) is 23.0. The number of halogens is 1. The van der Waals surface area contributed by atoms with Crippen molar-refractivity contribution in [2.45, 2.75) is 50.2 Å². The Balaban J connectivity index is 1.68. The van der Waals surface area contributed by atoms with Gasteiger partial charge in [-0.25, -0.2) is 13.2 Å². The van der Waals surface area contributed by atoms with Gasteiger partial charge in [-0.15, -0.1) is 0 Å². The number of sulfonamides is 1. The van der Waals surface area contributed by atoms with Crippen LogP contribution in [0.15, 0.2) is 23.1 Å². The van der Waals surface area contributed by atoms with Crippen molar-refractivity contribution in [3.05, 3.63) is 28.8 Å². The molecule has 1 amide bonds. The van der Waals surface area contributed by atoms with Gasteiger partial charge in [-0.05, 0) is 44.9 Å². The number of rotatable bonds is 5. The molecule has 0 unspecified atom stereocenters. The number of esters is 1. The molecule has 0 radical (unpaired) electrons. The molecule has 2 atom stereocenters.